The summed E-state index contributed by atoms with van der Waals surface area (Å²) in [6, 6.07) is 0. The fourth-order valence-electron chi connectivity index (χ4n) is 1.19. The Morgan fingerprint density at radius 3 is 2.61 bits per heavy atom. The van der Waals surface area contributed by atoms with Crippen molar-refractivity contribution in [3.05, 3.63) is 11.6 Å². The number of aromatic nitrogens is 1. The van der Waals surface area contributed by atoms with Crippen LogP contribution in [0.2, 0.25) is 0 Å². The molecule has 8 heteroatoms. The number of hydrogen-bond donors (Lipinski definition) is 2. The van der Waals surface area contributed by atoms with Crippen LogP contribution < -0.4 is 11.1 Å². The number of sulfonamides is 1. The zero-order chi connectivity index (χ0) is 13.9. The lowest BCUT2D eigenvalue weighted by molar-refractivity contribution is 0.521. The van der Waals surface area contributed by atoms with E-state index >= 15 is 0 Å². The molecule has 1 heterocycles. The van der Waals surface area contributed by atoms with Crippen LogP contribution in [0.1, 0.15) is 13.8 Å². The molecule has 1 aromatic rings. The van der Waals surface area contributed by atoms with Gasteiger partial charge in [-0.1, -0.05) is 11.6 Å². The van der Waals surface area contributed by atoms with Gasteiger partial charge >= 0.3 is 0 Å². The SMILES string of the molecule is CC(C)=CCNc1snc(N)c1S(=O)(=O)N(C)C. The van der Waals surface area contributed by atoms with E-state index in [0.29, 0.717) is 11.5 Å². The number of anilines is 2. The van der Waals surface area contributed by atoms with E-state index in [-0.39, 0.29) is 10.7 Å². The lowest BCUT2D eigenvalue weighted by Crippen LogP contribution is -2.23. The summed E-state index contributed by atoms with van der Waals surface area (Å²) in [5, 5.41) is 3.49. The Bertz CT molecular complexity index is 542. The number of nitrogens with one attached hydrogen (secondary N) is 1. The number of nitrogen functional groups attached to an aromatic ring is 1. The van der Waals surface area contributed by atoms with Gasteiger partial charge in [0.05, 0.1) is 0 Å². The lowest BCUT2D eigenvalue weighted by Gasteiger charge is -2.12. The minimum atomic E-state index is -3.57. The van der Waals surface area contributed by atoms with Crippen LogP contribution in [-0.2, 0) is 10.0 Å². The van der Waals surface area contributed by atoms with E-state index in [1.54, 1.807) is 0 Å². The molecule has 0 aromatic carbocycles. The first-order valence-corrected chi connectivity index (χ1v) is 7.53. The van der Waals surface area contributed by atoms with E-state index in [2.05, 4.69) is 9.69 Å². The molecule has 0 saturated carbocycles. The van der Waals surface area contributed by atoms with E-state index in [1.807, 2.05) is 19.9 Å². The average Bonchev–Trinajstić information content (AvgIpc) is 2.59. The Morgan fingerprint density at radius 2 is 2.11 bits per heavy atom. The average molecular weight is 290 g/mol. The second-order valence-electron chi connectivity index (χ2n) is 4.18. The van der Waals surface area contributed by atoms with Crippen LogP contribution >= 0.6 is 11.5 Å². The molecule has 0 fully saturated rings. The maximum atomic E-state index is 12.1. The largest absolute Gasteiger partial charge is 0.382 e. The molecular formula is C10H18N4O2S2. The first-order chi connectivity index (χ1) is 8.26. The Hall–Kier alpha value is -1.12. The maximum Gasteiger partial charge on any atom is 0.249 e. The number of nitrogens with zero attached hydrogens (tertiary/aromatic N) is 2. The molecule has 0 spiro atoms. The highest BCUT2D eigenvalue weighted by atomic mass is 32.2. The van der Waals surface area contributed by atoms with Crippen LogP contribution in [0.5, 0.6) is 0 Å². The Balaban J connectivity index is 3.07. The topological polar surface area (TPSA) is 88.3 Å². The summed E-state index contributed by atoms with van der Waals surface area (Å²) in [7, 11) is -0.643. The molecule has 0 aliphatic carbocycles. The van der Waals surface area contributed by atoms with Crippen molar-refractivity contribution >= 4 is 32.4 Å². The third kappa shape index (κ3) is 3.21. The predicted molar refractivity (Wildman–Crippen MR) is 75.3 cm³/mol. The zero-order valence-electron chi connectivity index (χ0n) is 10.9. The van der Waals surface area contributed by atoms with Gasteiger partial charge in [-0.05, 0) is 25.4 Å². The molecule has 102 valence electrons. The molecule has 0 unspecified atom stereocenters. The standard InChI is InChI=1S/C10H18N4O2S2/c1-7(2)5-6-12-10-8(9(11)13-17-10)18(15,16)14(3)4/h5,12H,6H2,1-4H3,(H2,11,13). The second-order valence-corrected chi connectivity index (χ2v) is 7.04. The van der Waals surface area contributed by atoms with E-state index in [0.717, 1.165) is 21.4 Å². The van der Waals surface area contributed by atoms with Crippen LogP contribution in [0.25, 0.3) is 0 Å². The van der Waals surface area contributed by atoms with Gasteiger partial charge in [-0.25, -0.2) is 12.7 Å². The quantitative estimate of drug-likeness (QED) is 0.799. The monoisotopic (exact) mass is 290 g/mol. The van der Waals surface area contributed by atoms with Crippen molar-refractivity contribution in [2.24, 2.45) is 0 Å². The van der Waals surface area contributed by atoms with Gasteiger partial charge in [0.15, 0.2) is 10.7 Å². The van der Waals surface area contributed by atoms with Gasteiger partial charge in [0, 0.05) is 20.6 Å². The summed E-state index contributed by atoms with van der Waals surface area (Å²) in [5.74, 6) is 0.0356. The van der Waals surface area contributed by atoms with Crippen molar-refractivity contribution in [1.82, 2.24) is 8.68 Å². The second kappa shape index (κ2) is 5.68. The fraction of sp³-hybridized carbons (Fsp3) is 0.500. The van der Waals surface area contributed by atoms with Crippen molar-refractivity contribution in [1.29, 1.82) is 0 Å². The smallest absolute Gasteiger partial charge is 0.249 e. The van der Waals surface area contributed by atoms with Gasteiger partial charge < -0.3 is 11.1 Å². The molecular weight excluding hydrogens is 272 g/mol. The van der Waals surface area contributed by atoms with E-state index < -0.39 is 10.0 Å². The predicted octanol–water partition coefficient (Wildman–Crippen LogP) is 1.35. The zero-order valence-corrected chi connectivity index (χ0v) is 12.5. The van der Waals surface area contributed by atoms with Crippen LogP contribution in [0.4, 0.5) is 10.8 Å². The Kier molecular flexibility index (Phi) is 4.71. The van der Waals surface area contributed by atoms with Crippen molar-refractivity contribution in [3.63, 3.8) is 0 Å². The minimum Gasteiger partial charge on any atom is -0.382 e. The molecule has 1 rings (SSSR count). The van der Waals surface area contributed by atoms with Crippen molar-refractivity contribution in [2.75, 3.05) is 31.7 Å². The maximum absolute atomic E-state index is 12.1. The van der Waals surface area contributed by atoms with Crippen LogP contribution in [0.3, 0.4) is 0 Å². The number of nitrogens with two attached hydrogens (primary N) is 1. The highest BCUT2D eigenvalue weighted by Gasteiger charge is 2.27. The third-order valence-electron chi connectivity index (χ3n) is 2.19. The molecule has 0 bridgehead atoms. The van der Waals surface area contributed by atoms with Crippen molar-refractivity contribution in [2.45, 2.75) is 18.7 Å². The lowest BCUT2D eigenvalue weighted by atomic mass is 10.3. The minimum absolute atomic E-state index is 0.0356. The van der Waals surface area contributed by atoms with Gasteiger partial charge in [0.25, 0.3) is 0 Å². The highest BCUT2D eigenvalue weighted by Crippen LogP contribution is 2.32. The molecule has 0 aliphatic rings. The van der Waals surface area contributed by atoms with Crippen molar-refractivity contribution < 1.29 is 8.42 Å². The van der Waals surface area contributed by atoms with Crippen LogP contribution in [-0.4, -0.2) is 37.7 Å². The molecule has 0 atom stereocenters. The van der Waals surface area contributed by atoms with Crippen molar-refractivity contribution in [3.8, 4) is 0 Å². The molecule has 0 aliphatic heterocycles. The molecule has 6 nitrogen and oxygen atoms in total. The van der Waals surface area contributed by atoms with Crippen LogP contribution in [0, 0.1) is 0 Å². The van der Waals surface area contributed by atoms with Gasteiger partial charge in [0.2, 0.25) is 10.0 Å². The normalized spacial score (nSPS) is 11.6. The number of allylic oxidation sites excluding steroid dienone is 1. The Morgan fingerprint density at radius 1 is 1.50 bits per heavy atom. The molecule has 1 aromatic heterocycles. The first-order valence-electron chi connectivity index (χ1n) is 5.31. The summed E-state index contributed by atoms with van der Waals surface area (Å²) in [4.78, 5) is 0.0552. The Labute approximate surface area is 112 Å². The van der Waals surface area contributed by atoms with Gasteiger partial charge in [-0.2, -0.15) is 4.37 Å². The van der Waals surface area contributed by atoms with Gasteiger partial charge in [0.1, 0.15) is 5.00 Å². The van der Waals surface area contributed by atoms with E-state index in [4.69, 9.17) is 5.73 Å². The third-order valence-corrected chi connectivity index (χ3v) is 5.02. The summed E-state index contributed by atoms with van der Waals surface area (Å²) in [6.45, 7) is 4.49. The summed E-state index contributed by atoms with van der Waals surface area (Å²) in [5.41, 5.74) is 6.78. The number of hydrogen-bond acceptors (Lipinski definition) is 6. The fourth-order valence-corrected chi connectivity index (χ4v) is 3.27. The van der Waals surface area contributed by atoms with E-state index in [9.17, 15) is 8.42 Å². The molecule has 18 heavy (non-hydrogen) atoms. The highest BCUT2D eigenvalue weighted by molar-refractivity contribution is 7.89. The van der Waals surface area contributed by atoms with E-state index in [1.165, 1.54) is 14.1 Å². The molecule has 0 saturated heterocycles. The summed E-state index contributed by atoms with van der Waals surface area (Å²) < 4.78 is 29.2. The first kappa shape index (κ1) is 14.9. The summed E-state index contributed by atoms with van der Waals surface area (Å²) in [6.07, 6.45) is 1.96. The molecule has 3 N–H and O–H groups in total. The summed E-state index contributed by atoms with van der Waals surface area (Å²) >= 11 is 1.05. The van der Waals surface area contributed by atoms with Gasteiger partial charge in [-0.15, -0.1) is 0 Å². The molecule has 0 radical (unpaired) electrons. The molecule has 0 amide bonds. The number of rotatable bonds is 5. The van der Waals surface area contributed by atoms with Gasteiger partial charge in [-0.3, -0.25) is 0 Å². The van der Waals surface area contributed by atoms with Crippen LogP contribution in [0.15, 0.2) is 16.5 Å².